The molecule has 122 valence electrons. The number of esters is 1. The summed E-state index contributed by atoms with van der Waals surface area (Å²) < 4.78 is 11.3. The van der Waals surface area contributed by atoms with Gasteiger partial charge in [0, 0.05) is 7.05 Å². The molecule has 0 aliphatic carbocycles. The average molecular weight is 346 g/mol. The fourth-order valence-electron chi connectivity index (χ4n) is 1.58. The van der Waals surface area contributed by atoms with E-state index in [1.54, 1.807) is 25.5 Å². The largest absolute Gasteiger partial charge is 0.461 e. The van der Waals surface area contributed by atoms with Crippen LogP contribution in [0.3, 0.4) is 0 Å². The first kappa shape index (κ1) is 18.2. The molecule has 0 aromatic carbocycles. The van der Waals surface area contributed by atoms with Crippen molar-refractivity contribution in [1.29, 1.82) is 0 Å². The number of carbonyl (C=O) groups excluding carboxylic acids is 2. The number of thioether (sulfide) groups is 1. The Bertz CT molecular complexity index is 574. The van der Waals surface area contributed by atoms with Crippen molar-refractivity contribution in [2.75, 3.05) is 24.8 Å². The highest BCUT2D eigenvalue weighted by molar-refractivity contribution is 7.98. The highest BCUT2D eigenvalue weighted by Gasteiger charge is 2.23. The first-order chi connectivity index (χ1) is 10.4. The maximum Gasteiger partial charge on any atom is 0.413 e. The van der Waals surface area contributed by atoms with Gasteiger partial charge in [0.05, 0.1) is 13.2 Å². The van der Waals surface area contributed by atoms with Crippen molar-refractivity contribution in [3.63, 3.8) is 0 Å². The van der Waals surface area contributed by atoms with E-state index in [1.165, 1.54) is 11.8 Å². The van der Waals surface area contributed by atoms with Crippen LogP contribution in [0.15, 0.2) is 5.16 Å². The van der Waals surface area contributed by atoms with E-state index in [0.717, 1.165) is 0 Å². The number of ether oxygens (including phenoxy) is 2. The molecule has 0 aliphatic heterocycles. The van der Waals surface area contributed by atoms with Crippen molar-refractivity contribution in [3.05, 3.63) is 5.69 Å². The molecular formula is C12H18N4O4S2. The van der Waals surface area contributed by atoms with Gasteiger partial charge in [0.15, 0.2) is 21.8 Å². The lowest BCUT2D eigenvalue weighted by atomic mass is 10.4. The summed E-state index contributed by atoms with van der Waals surface area (Å²) in [6.07, 6.45) is 1.15. The van der Waals surface area contributed by atoms with Crippen LogP contribution in [0, 0.1) is 0 Å². The molecule has 0 fully saturated rings. The highest BCUT2D eigenvalue weighted by atomic mass is 32.2. The van der Waals surface area contributed by atoms with Gasteiger partial charge >= 0.3 is 12.1 Å². The molecule has 1 rings (SSSR count). The average Bonchev–Trinajstić information content (AvgIpc) is 2.74. The van der Waals surface area contributed by atoms with Crippen molar-refractivity contribution in [2.45, 2.75) is 19.0 Å². The number of carbonyl (C=O) groups is 2. The number of hydrogen-bond acceptors (Lipinski definition) is 7. The summed E-state index contributed by atoms with van der Waals surface area (Å²) in [5, 5.41) is 5.62. The Labute approximate surface area is 137 Å². The van der Waals surface area contributed by atoms with E-state index in [0.29, 0.717) is 5.16 Å². The van der Waals surface area contributed by atoms with Gasteiger partial charge in [-0.3, -0.25) is 5.32 Å². The van der Waals surface area contributed by atoms with Gasteiger partial charge in [-0.15, -0.1) is 0 Å². The summed E-state index contributed by atoms with van der Waals surface area (Å²) in [6, 6.07) is 0. The minimum absolute atomic E-state index is 0.0187. The third-order valence-electron chi connectivity index (χ3n) is 2.43. The van der Waals surface area contributed by atoms with Gasteiger partial charge in [-0.05, 0) is 32.3 Å². The van der Waals surface area contributed by atoms with Gasteiger partial charge in [-0.1, -0.05) is 11.8 Å². The molecule has 0 spiro atoms. The third-order valence-corrected chi connectivity index (χ3v) is 3.36. The maximum absolute atomic E-state index is 12.0. The second-order valence-corrected chi connectivity index (χ2v) is 5.06. The Kier molecular flexibility index (Phi) is 7.12. The van der Waals surface area contributed by atoms with Crippen LogP contribution >= 0.6 is 24.0 Å². The van der Waals surface area contributed by atoms with Gasteiger partial charge in [-0.2, -0.15) is 0 Å². The van der Waals surface area contributed by atoms with Crippen LogP contribution in [-0.2, 0) is 16.5 Å². The molecule has 0 atom stereocenters. The Hall–Kier alpha value is -1.81. The lowest BCUT2D eigenvalue weighted by molar-refractivity contribution is 0.0515. The number of anilines is 1. The standard InChI is InChI=1S/C12H18N4O4S2/c1-5-19-9(17)7-8(14-11(22-4)16(7)3)13-10(21)15-12(18)20-6-2/h5-6H2,1-4H3,(H2,13,15,18,21). The SMILES string of the molecule is CCOC(=O)NC(=S)Nc1nc(SC)n(C)c1C(=O)OCC. The Morgan fingerprint density at radius 1 is 1.32 bits per heavy atom. The lowest BCUT2D eigenvalue weighted by Gasteiger charge is -2.09. The molecule has 2 N–H and O–H groups in total. The van der Waals surface area contributed by atoms with E-state index in [2.05, 4.69) is 15.6 Å². The second kappa shape index (κ2) is 8.59. The Morgan fingerprint density at radius 3 is 2.50 bits per heavy atom. The first-order valence-electron chi connectivity index (χ1n) is 6.47. The minimum atomic E-state index is -0.682. The lowest BCUT2D eigenvalue weighted by Crippen LogP contribution is -2.35. The normalized spacial score (nSPS) is 10.0. The van der Waals surface area contributed by atoms with E-state index in [-0.39, 0.29) is 29.8 Å². The van der Waals surface area contributed by atoms with Crippen LogP contribution in [0.4, 0.5) is 10.6 Å². The molecule has 0 aliphatic rings. The summed E-state index contributed by atoms with van der Waals surface area (Å²) in [5.41, 5.74) is 0.221. The summed E-state index contributed by atoms with van der Waals surface area (Å²) in [5.74, 6) is -0.314. The fraction of sp³-hybridized carbons (Fsp3) is 0.500. The number of imidazole rings is 1. The van der Waals surface area contributed by atoms with Crippen molar-refractivity contribution < 1.29 is 19.1 Å². The molecule has 0 bridgehead atoms. The summed E-state index contributed by atoms with van der Waals surface area (Å²) in [6.45, 7) is 3.86. The van der Waals surface area contributed by atoms with Gasteiger partial charge in [0.1, 0.15) is 0 Å². The molecule has 0 radical (unpaired) electrons. The molecule has 1 aromatic heterocycles. The molecule has 8 nitrogen and oxygen atoms in total. The van der Waals surface area contributed by atoms with Crippen LogP contribution in [0.25, 0.3) is 0 Å². The molecule has 0 saturated heterocycles. The van der Waals surface area contributed by atoms with Gasteiger partial charge < -0.3 is 19.4 Å². The zero-order chi connectivity index (χ0) is 16.7. The predicted molar refractivity (Wildman–Crippen MR) is 87.3 cm³/mol. The summed E-state index contributed by atoms with van der Waals surface area (Å²) in [4.78, 5) is 27.6. The number of amides is 1. The second-order valence-electron chi connectivity index (χ2n) is 3.87. The Balaban J connectivity index is 2.95. The molecule has 0 saturated carbocycles. The van der Waals surface area contributed by atoms with Crippen LogP contribution in [0.5, 0.6) is 0 Å². The van der Waals surface area contributed by atoms with E-state index >= 15 is 0 Å². The monoisotopic (exact) mass is 346 g/mol. The summed E-state index contributed by atoms with van der Waals surface area (Å²) in [7, 11) is 1.69. The predicted octanol–water partition coefficient (Wildman–Crippen LogP) is 1.76. The first-order valence-corrected chi connectivity index (χ1v) is 8.10. The van der Waals surface area contributed by atoms with Crippen molar-refractivity contribution in [1.82, 2.24) is 14.9 Å². The smallest absolute Gasteiger partial charge is 0.413 e. The van der Waals surface area contributed by atoms with E-state index in [1.807, 2.05) is 6.26 Å². The highest BCUT2D eigenvalue weighted by Crippen LogP contribution is 2.23. The zero-order valence-corrected chi connectivity index (χ0v) is 14.4. The van der Waals surface area contributed by atoms with Gasteiger partial charge in [-0.25, -0.2) is 14.6 Å². The molecule has 1 heterocycles. The summed E-state index contributed by atoms with van der Waals surface area (Å²) >= 11 is 6.36. The van der Waals surface area contributed by atoms with Crippen LogP contribution in [0.1, 0.15) is 24.3 Å². The van der Waals surface area contributed by atoms with E-state index in [4.69, 9.17) is 21.7 Å². The fourth-order valence-corrected chi connectivity index (χ4v) is 2.31. The quantitative estimate of drug-likeness (QED) is 0.473. The molecule has 0 unspecified atom stereocenters. The van der Waals surface area contributed by atoms with Gasteiger partial charge in [0.2, 0.25) is 0 Å². The molecule has 1 amide bonds. The number of nitrogens with zero attached hydrogens (tertiary/aromatic N) is 2. The number of aromatic nitrogens is 2. The number of alkyl carbamates (subject to hydrolysis) is 1. The van der Waals surface area contributed by atoms with Crippen molar-refractivity contribution >= 4 is 47.0 Å². The third kappa shape index (κ3) is 4.60. The van der Waals surface area contributed by atoms with Crippen LogP contribution < -0.4 is 10.6 Å². The van der Waals surface area contributed by atoms with E-state index in [9.17, 15) is 9.59 Å². The van der Waals surface area contributed by atoms with Gasteiger partial charge in [0.25, 0.3) is 0 Å². The molecule has 1 aromatic rings. The number of hydrogen-bond donors (Lipinski definition) is 2. The molecular weight excluding hydrogens is 328 g/mol. The number of thiocarbonyl (C=S) groups is 1. The van der Waals surface area contributed by atoms with Crippen molar-refractivity contribution in [3.8, 4) is 0 Å². The van der Waals surface area contributed by atoms with E-state index < -0.39 is 12.1 Å². The molecule has 22 heavy (non-hydrogen) atoms. The minimum Gasteiger partial charge on any atom is -0.461 e. The zero-order valence-electron chi connectivity index (χ0n) is 12.8. The van der Waals surface area contributed by atoms with Crippen LogP contribution in [-0.4, -0.2) is 46.2 Å². The maximum atomic E-state index is 12.0. The molecule has 10 heteroatoms. The number of rotatable bonds is 5. The topological polar surface area (TPSA) is 94.5 Å². The van der Waals surface area contributed by atoms with Crippen LogP contribution in [0.2, 0.25) is 0 Å². The van der Waals surface area contributed by atoms with Crippen molar-refractivity contribution in [2.24, 2.45) is 7.05 Å². The number of nitrogens with one attached hydrogen (secondary N) is 2. The Morgan fingerprint density at radius 2 is 1.95 bits per heavy atom.